The van der Waals surface area contributed by atoms with E-state index >= 15 is 0 Å². The molecule has 0 spiro atoms. The lowest BCUT2D eigenvalue weighted by Crippen LogP contribution is -2.20. The Bertz CT molecular complexity index is 1140. The highest BCUT2D eigenvalue weighted by Gasteiger charge is 2.13. The summed E-state index contributed by atoms with van der Waals surface area (Å²) in [5.74, 6) is 0. The second-order valence-corrected chi connectivity index (χ2v) is 5.38. The molecule has 7 nitrogen and oxygen atoms in total. The summed E-state index contributed by atoms with van der Waals surface area (Å²) in [4.78, 5) is 27.3. The Balaban J connectivity index is 1.82. The third-order valence-corrected chi connectivity index (χ3v) is 3.82. The lowest BCUT2D eigenvalue weighted by atomic mass is 10.2. The molecule has 0 atom stereocenters. The van der Waals surface area contributed by atoms with Gasteiger partial charge in [0, 0.05) is 17.5 Å². The largest absolute Gasteiger partial charge is 0.448 e. The van der Waals surface area contributed by atoms with Crippen LogP contribution in [0.4, 0.5) is 5.69 Å². The second-order valence-electron chi connectivity index (χ2n) is 5.38. The average molecular weight is 321 g/mol. The summed E-state index contributed by atoms with van der Waals surface area (Å²) < 4.78 is 7.00. The van der Waals surface area contributed by atoms with Crippen LogP contribution in [0.2, 0.25) is 0 Å². The molecule has 0 N–H and O–H groups in total. The van der Waals surface area contributed by atoms with Crippen molar-refractivity contribution in [3.05, 3.63) is 80.9 Å². The lowest BCUT2D eigenvalue weighted by molar-refractivity contribution is -0.384. The molecule has 0 radical (unpaired) electrons. The van der Waals surface area contributed by atoms with Crippen LogP contribution in [0.15, 0.2) is 64.1 Å². The molecule has 2 heterocycles. The van der Waals surface area contributed by atoms with E-state index in [1.54, 1.807) is 18.2 Å². The summed E-state index contributed by atoms with van der Waals surface area (Å²) >= 11 is 0. The van der Waals surface area contributed by atoms with Gasteiger partial charge in [-0.15, -0.1) is 0 Å². The van der Waals surface area contributed by atoms with Crippen molar-refractivity contribution in [3.8, 4) is 0 Å². The molecular formula is C17H11N3O4. The Kier molecular flexibility index (Phi) is 3.13. The molecule has 0 unspecified atom stereocenters. The van der Waals surface area contributed by atoms with E-state index in [-0.39, 0.29) is 23.4 Å². The van der Waals surface area contributed by atoms with Crippen LogP contribution in [0.3, 0.4) is 0 Å². The third kappa shape index (κ3) is 2.23. The summed E-state index contributed by atoms with van der Waals surface area (Å²) in [6, 6.07) is 13.5. The summed E-state index contributed by atoms with van der Waals surface area (Å²) in [6.07, 6.45) is 1.44. The van der Waals surface area contributed by atoms with Gasteiger partial charge in [0.25, 0.3) is 11.2 Å². The van der Waals surface area contributed by atoms with Gasteiger partial charge in [0.1, 0.15) is 11.1 Å². The minimum absolute atomic E-state index is 0.0154. The van der Waals surface area contributed by atoms with E-state index in [1.807, 2.05) is 18.2 Å². The summed E-state index contributed by atoms with van der Waals surface area (Å²) in [5, 5.41) is 11.6. The predicted molar refractivity (Wildman–Crippen MR) is 88.0 cm³/mol. The van der Waals surface area contributed by atoms with E-state index in [0.717, 1.165) is 5.39 Å². The van der Waals surface area contributed by atoms with Crippen LogP contribution in [0.5, 0.6) is 0 Å². The summed E-state index contributed by atoms with van der Waals surface area (Å²) in [5.41, 5.74) is 1.62. The van der Waals surface area contributed by atoms with Crippen molar-refractivity contribution < 1.29 is 9.34 Å². The Morgan fingerprint density at radius 3 is 2.83 bits per heavy atom. The number of hydrogen-bond donors (Lipinski definition) is 0. The number of aromatic nitrogens is 2. The summed E-state index contributed by atoms with van der Waals surface area (Å²) in [6.45, 7) is 0.181. The minimum atomic E-state index is -0.465. The van der Waals surface area contributed by atoms with Gasteiger partial charge in [-0.05, 0) is 17.7 Å². The zero-order chi connectivity index (χ0) is 16.7. The topological polar surface area (TPSA) is 91.2 Å². The fraction of sp³-hybridized carbons (Fsp3) is 0.0588. The molecule has 0 amide bonds. The van der Waals surface area contributed by atoms with Crippen LogP contribution >= 0.6 is 0 Å². The van der Waals surface area contributed by atoms with Crippen molar-refractivity contribution >= 4 is 27.8 Å². The quantitative estimate of drug-likeness (QED) is 0.427. The van der Waals surface area contributed by atoms with E-state index < -0.39 is 4.92 Å². The van der Waals surface area contributed by atoms with Crippen LogP contribution in [0.1, 0.15) is 5.56 Å². The van der Waals surface area contributed by atoms with E-state index in [9.17, 15) is 14.9 Å². The number of rotatable bonds is 3. The smallest absolute Gasteiger partial charge is 0.297 e. The number of para-hydroxylation sites is 1. The molecule has 24 heavy (non-hydrogen) atoms. The monoisotopic (exact) mass is 321 g/mol. The summed E-state index contributed by atoms with van der Waals surface area (Å²) in [7, 11) is 0. The first kappa shape index (κ1) is 14.1. The van der Waals surface area contributed by atoms with Crippen LogP contribution in [-0.2, 0) is 6.54 Å². The molecule has 0 aliphatic heterocycles. The number of non-ortho nitro benzene ring substituents is 1. The number of nitrogens with zero attached hydrogens (tertiary/aromatic N) is 3. The van der Waals surface area contributed by atoms with Gasteiger partial charge in [-0.1, -0.05) is 24.3 Å². The number of benzene rings is 2. The van der Waals surface area contributed by atoms with Crippen LogP contribution in [-0.4, -0.2) is 14.5 Å². The van der Waals surface area contributed by atoms with Crippen molar-refractivity contribution in [2.24, 2.45) is 0 Å². The fourth-order valence-corrected chi connectivity index (χ4v) is 2.69. The molecule has 0 saturated heterocycles. The van der Waals surface area contributed by atoms with Gasteiger partial charge in [-0.3, -0.25) is 19.5 Å². The SMILES string of the molecule is O=c1c2oc3ccccc3c2ncn1Cc1cccc([N+](=O)[O-])c1. The van der Waals surface area contributed by atoms with E-state index in [1.165, 1.54) is 23.0 Å². The van der Waals surface area contributed by atoms with Crippen LogP contribution < -0.4 is 5.56 Å². The molecule has 7 heteroatoms. The van der Waals surface area contributed by atoms with Crippen molar-refractivity contribution in [2.75, 3.05) is 0 Å². The van der Waals surface area contributed by atoms with Crippen molar-refractivity contribution in [3.63, 3.8) is 0 Å². The number of nitro benzene ring substituents is 1. The van der Waals surface area contributed by atoms with Gasteiger partial charge < -0.3 is 4.42 Å². The molecule has 0 fully saturated rings. The zero-order valence-electron chi connectivity index (χ0n) is 12.4. The maximum Gasteiger partial charge on any atom is 0.297 e. The lowest BCUT2D eigenvalue weighted by Gasteiger charge is -2.04. The molecule has 0 bridgehead atoms. The normalized spacial score (nSPS) is 11.2. The number of nitro groups is 1. The molecule has 4 aromatic rings. The molecule has 2 aromatic carbocycles. The first-order chi connectivity index (χ1) is 11.6. The Morgan fingerprint density at radius 1 is 1.17 bits per heavy atom. The maximum absolute atomic E-state index is 12.6. The van der Waals surface area contributed by atoms with Gasteiger partial charge in [0.2, 0.25) is 5.58 Å². The molecular weight excluding hydrogens is 310 g/mol. The highest BCUT2D eigenvalue weighted by molar-refractivity contribution is 6.01. The predicted octanol–water partition coefficient (Wildman–Crippen LogP) is 3.10. The zero-order valence-corrected chi connectivity index (χ0v) is 12.4. The fourth-order valence-electron chi connectivity index (χ4n) is 2.69. The van der Waals surface area contributed by atoms with Gasteiger partial charge in [-0.25, -0.2) is 4.98 Å². The first-order valence-corrected chi connectivity index (χ1v) is 7.23. The molecule has 0 saturated carbocycles. The Morgan fingerprint density at radius 2 is 2.00 bits per heavy atom. The van der Waals surface area contributed by atoms with Gasteiger partial charge in [-0.2, -0.15) is 0 Å². The number of fused-ring (bicyclic) bond motifs is 3. The van der Waals surface area contributed by atoms with E-state index in [0.29, 0.717) is 16.7 Å². The van der Waals surface area contributed by atoms with Crippen LogP contribution in [0.25, 0.3) is 22.1 Å². The molecule has 4 rings (SSSR count). The van der Waals surface area contributed by atoms with Crippen molar-refractivity contribution in [2.45, 2.75) is 6.54 Å². The van der Waals surface area contributed by atoms with Gasteiger partial charge >= 0.3 is 0 Å². The number of hydrogen-bond acceptors (Lipinski definition) is 5. The molecule has 0 aliphatic rings. The minimum Gasteiger partial charge on any atom is -0.448 e. The van der Waals surface area contributed by atoms with Gasteiger partial charge in [0.15, 0.2) is 0 Å². The van der Waals surface area contributed by atoms with E-state index in [2.05, 4.69) is 4.98 Å². The number of furan rings is 1. The second kappa shape index (κ2) is 5.31. The maximum atomic E-state index is 12.6. The molecule has 0 aliphatic carbocycles. The standard InChI is InChI=1S/C17H11N3O4/c21-17-16-15(13-6-1-2-7-14(13)24-16)18-10-19(17)9-11-4-3-5-12(8-11)20(22)23/h1-8,10H,9H2. The van der Waals surface area contributed by atoms with Gasteiger partial charge in [0.05, 0.1) is 17.8 Å². The van der Waals surface area contributed by atoms with Crippen molar-refractivity contribution in [1.82, 2.24) is 9.55 Å². The van der Waals surface area contributed by atoms with Crippen LogP contribution in [0, 0.1) is 10.1 Å². The van der Waals surface area contributed by atoms with E-state index in [4.69, 9.17) is 4.42 Å². The average Bonchev–Trinajstić information content (AvgIpc) is 2.97. The molecule has 2 aromatic heterocycles. The highest BCUT2D eigenvalue weighted by atomic mass is 16.6. The Labute approximate surface area is 134 Å². The highest BCUT2D eigenvalue weighted by Crippen LogP contribution is 2.24. The third-order valence-electron chi connectivity index (χ3n) is 3.82. The van der Waals surface area contributed by atoms with Crippen molar-refractivity contribution in [1.29, 1.82) is 0 Å². The Hall–Kier alpha value is -3.48. The molecule has 118 valence electrons. The first-order valence-electron chi connectivity index (χ1n) is 7.23.